The predicted octanol–water partition coefficient (Wildman–Crippen LogP) is 4.56. The Kier molecular flexibility index (Phi) is 4.91. The van der Waals surface area contributed by atoms with Crippen LogP contribution in [0.25, 0.3) is 0 Å². The highest BCUT2D eigenvalue weighted by Gasteiger charge is 2.52. The van der Waals surface area contributed by atoms with E-state index in [0.717, 1.165) is 72.2 Å². The molecule has 1 atom stereocenters. The molecule has 174 valence electrons. The lowest BCUT2D eigenvalue weighted by Crippen LogP contribution is -2.59. The molecule has 0 bridgehead atoms. The van der Waals surface area contributed by atoms with Crippen molar-refractivity contribution in [1.29, 1.82) is 0 Å². The quantitative estimate of drug-likeness (QED) is 0.682. The Hall–Kier alpha value is -2.93. The zero-order valence-corrected chi connectivity index (χ0v) is 19.5. The summed E-state index contributed by atoms with van der Waals surface area (Å²) in [5.74, 6) is 3.30. The molecule has 0 amide bonds. The number of likely N-dealkylation sites (tertiary alicyclic amines) is 1. The van der Waals surface area contributed by atoms with Crippen LogP contribution in [0.15, 0.2) is 41.5 Å². The van der Waals surface area contributed by atoms with Crippen molar-refractivity contribution in [3.63, 3.8) is 0 Å². The molecule has 33 heavy (non-hydrogen) atoms. The first-order valence-electron chi connectivity index (χ1n) is 12.0. The summed E-state index contributed by atoms with van der Waals surface area (Å²) in [6.07, 6.45) is 2.63. The van der Waals surface area contributed by atoms with E-state index in [-0.39, 0.29) is 12.8 Å². The van der Waals surface area contributed by atoms with Crippen LogP contribution in [0.4, 0.5) is 0 Å². The number of benzene rings is 2. The minimum atomic E-state index is -0.464. The van der Waals surface area contributed by atoms with Crippen LogP contribution in [0.3, 0.4) is 0 Å². The molecule has 0 unspecified atom stereocenters. The second-order valence-corrected chi connectivity index (χ2v) is 9.46. The maximum atomic E-state index is 6.87. The van der Waals surface area contributed by atoms with Gasteiger partial charge in [-0.1, -0.05) is 12.1 Å². The Labute approximate surface area is 194 Å². The van der Waals surface area contributed by atoms with Gasteiger partial charge in [-0.25, -0.2) is 5.01 Å². The number of nitrogens with zero attached hydrogens (tertiary/aromatic N) is 3. The van der Waals surface area contributed by atoms with Gasteiger partial charge in [0.2, 0.25) is 12.5 Å². The van der Waals surface area contributed by atoms with Crippen LogP contribution in [0.1, 0.15) is 57.2 Å². The zero-order chi connectivity index (χ0) is 22.6. The predicted molar refractivity (Wildman–Crippen MR) is 125 cm³/mol. The highest BCUT2D eigenvalue weighted by molar-refractivity contribution is 6.02. The summed E-state index contributed by atoms with van der Waals surface area (Å²) in [7, 11) is 0. The SMILES string of the molecule is CCOc1cccc2c1OC1(CCN(C(C)C)CC1)N1N=C(c3ccc4c(c3)OCO4)C[C@H]21. The Morgan fingerprint density at radius 2 is 1.94 bits per heavy atom. The van der Waals surface area contributed by atoms with Crippen LogP contribution in [0.2, 0.25) is 0 Å². The van der Waals surface area contributed by atoms with Crippen LogP contribution in [0.5, 0.6) is 23.0 Å². The largest absolute Gasteiger partial charge is 0.490 e. The molecule has 2 aromatic rings. The highest BCUT2D eigenvalue weighted by atomic mass is 16.7. The summed E-state index contributed by atoms with van der Waals surface area (Å²) < 4.78 is 24.0. The van der Waals surface area contributed by atoms with Crippen molar-refractivity contribution in [2.75, 3.05) is 26.5 Å². The third-order valence-corrected chi connectivity index (χ3v) is 7.30. The second-order valence-electron chi connectivity index (χ2n) is 9.46. The van der Waals surface area contributed by atoms with E-state index in [1.165, 1.54) is 0 Å². The average molecular weight is 450 g/mol. The van der Waals surface area contributed by atoms with Crippen molar-refractivity contribution in [3.05, 3.63) is 47.5 Å². The van der Waals surface area contributed by atoms with Crippen molar-refractivity contribution < 1.29 is 18.9 Å². The molecule has 0 aromatic heterocycles. The fourth-order valence-corrected chi connectivity index (χ4v) is 5.51. The van der Waals surface area contributed by atoms with E-state index in [9.17, 15) is 0 Å². The summed E-state index contributed by atoms with van der Waals surface area (Å²) in [4.78, 5) is 2.52. The number of para-hydroxylation sites is 1. The molecule has 1 saturated heterocycles. The van der Waals surface area contributed by atoms with E-state index >= 15 is 0 Å². The molecule has 4 heterocycles. The minimum Gasteiger partial charge on any atom is -0.490 e. The van der Waals surface area contributed by atoms with E-state index in [0.29, 0.717) is 12.6 Å². The van der Waals surface area contributed by atoms with E-state index in [4.69, 9.17) is 24.0 Å². The molecule has 1 fully saturated rings. The van der Waals surface area contributed by atoms with Gasteiger partial charge in [0.15, 0.2) is 23.0 Å². The Morgan fingerprint density at radius 3 is 2.73 bits per heavy atom. The number of piperidine rings is 1. The molecule has 0 saturated carbocycles. The topological polar surface area (TPSA) is 55.8 Å². The Balaban J connectivity index is 1.40. The van der Waals surface area contributed by atoms with Crippen molar-refractivity contribution in [1.82, 2.24) is 9.91 Å². The highest BCUT2D eigenvalue weighted by Crippen LogP contribution is 2.53. The molecule has 0 radical (unpaired) electrons. The van der Waals surface area contributed by atoms with E-state index < -0.39 is 5.72 Å². The fraction of sp³-hybridized carbons (Fsp3) is 0.500. The Morgan fingerprint density at radius 1 is 1.12 bits per heavy atom. The van der Waals surface area contributed by atoms with Gasteiger partial charge in [-0.05, 0) is 45.0 Å². The number of fused-ring (bicyclic) bond motifs is 5. The molecule has 7 heteroatoms. The van der Waals surface area contributed by atoms with E-state index in [2.05, 4.69) is 42.0 Å². The minimum absolute atomic E-state index is 0.125. The molecule has 0 aliphatic carbocycles. The number of ether oxygens (including phenoxy) is 4. The van der Waals surface area contributed by atoms with Crippen LogP contribution in [-0.4, -0.2) is 53.9 Å². The molecule has 6 rings (SSSR count). The average Bonchev–Trinajstić information content (AvgIpc) is 3.48. The summed E-state index contributed by atoms with van der Waals surface area (Å²) in [5.41, 5.74) is 2.82. The normalized spacial score (nSPS) is 22.7. The van der Waals surface area contributed by atoms with E-state index in [1.807, 2.05) is 25.1 Å². The van der Waals surface area contributed by atoms with Crippen molar-refractivity contribution >= 4 is 5.71 Å². The first kappa shape index (κ1) is 20.7. The first-order chi connectivity index (χ1) is 16.1. The number of rotatable bonds is 4. The fourth-order valence-electron chi connectivity index (χ4n) is 5.51. The van der Waals surface area contributed by atoms with Gasteiger partial charge in [0.1, 0.15) is 0 Å². The maximum Gasteiger partial charge on any atom is 0.231 e. The van der Waals surface area contributed by atoms with Crippen LogP contribution in [-0.2, 0) is 0 Å². The summed E-state index contributed by atoms with van der Waals surface area (Å²) in [6, 6.07) is 13.0. The van der Waals surface area contributed by atoms with Gasteiger partial charge < -0.3 is 23.8 Å². The van der Waals surface area contributed by atoms with Gasteiger partial charge in [0, 0.05) is 49.5 Å². The second kappa shape index (κ2) is 7.83. The third kappa shape index (κ3) is 3.32. The van der Waals surface area contributed by atoms with Gasteiger partial charge in [-0.15, -0.1) is 0 Å². The van der Waals surface area contributed by atoms with Gasteiger partial charge >= 0.3 is 0 Å². The van der Waals surface area contributed by atoms with Gasteiger partial charge in [0.05, 0.1) is 18.4 Å². The molecule has 1 spiro atoms. The molecule has 7 nitrogen and oxygen atoms in total. The van der Waals surface area contributed by atoms with Crippen LogP contribution in [0, 0.1) is 0 Å². The molecule has 4 aliphatic rings. The zero-order valence-electron chi connectivity index (χ0n) is 19.5. The van der Waals surface area contributed by atoms with Gasteiger partial charge in [0.25, 0.3) is 0 Å². The third-order valence-electron chi connectivity index (χ3n) is 7.30. The van der Waals surface area contributed by atoms with Crippen LogP contribution < -0.4 is 18.9 Å². The van der Waals surface area contributed by atoms with Crippen molar-refractivity contribution in [2.24, 2.45) is 5.10 Å². The molecular weight excluding hydrogens is 418 g/mol. The molecule has 0 N–H and O–H groups in total. The Bertz CT molecular complexity index is 1090. The van der Waals surface area contributed by atoms with Crippen LogP contribution >= 0.6 is 0 Å². The summed E-state index contributed by atoms with van der Waals surface area (Å²) >= 11 is 0. The monoisotopic (exact) mass is 449 g/mol. The lowest BCUT2D eigenvalue weighted by molar-refractivity contribution is -0.153. The lowest BCUT2D eigenvalue weighted by Gasteiger charge is -2.51. The van der Waals surface area contributed by atoms with Crippen molar-refractivity contribution in [2.45, 2.75) is 57.8 Å². The number of hydrogen-bond acceptors (Lipinski definition) is 7. The van der Waals surface area contributed by atoms with Gasteiger partial charge in [-0.3, -0.25) is 0 Å². The number of hydrazone groups is 1. The van der Waals surface area contributed by atoms with E-state index in [1.54, 1.807) is 0 Å². The number of hydrogen-bond donors (Lipinski definition) is 0. The first-order valence-corrected chi connectivity index (χ1v) is 12.0. The van der Waals surface area contributed by atoms with Crippen molar-refractivity contribution in [3.8, 4) is 23.0 Å². The molecular formula is C26H31N3O4. The molecule has 2 aromatic carbocycles. The standard InChI is InChI=1S/C26H31N3O4/c1-4-30-23-7-5-6-19-21-15-20(18-8-9-22-24(14-18)32-16-31-22)27-29(21)26(33-25(19)23)10-12-28(13-11-26)17(2)3/h5-9,14,17,21H,4,10-13,15-16H2,1-3H3/t21-/m1/s1. The molecule has 4 aliphatic heterocycles. The lowest BCUT2D eigenvalue weighted by atomic mass is 9.90. The maximum absolute atomic E-state index is 6.87. The van der Waals surface area contributed by atoms with Gasteiger partial charge in [-0.2, -0.15) is 5.10 Å². The summed E-state index contributed by atoms with van der Waals surface area (Å²) in [6.45, 7) is 9.40. The smallest absolute Gasteiger partial charge is 0.231 e. The summed E-state index contributed by atoms with van der Waals surface area (Å²) in [5, 5.41) is 7.45.